The normalized spacial score (nSPS) is 14.0. The number of aromatic nitrogens is 1. The molecule has 2 aromatic carbocycles. The Morgan fingerprint density at radius 1 is 1.00 bits per heavy atom. The summed E-state index contributed by atoms with van der Waals surface area (Å²) >= 11 is 0. The number of ether oxygens (including phenoxy) is 2. The average Bonchev–Trinajstić information content (AvgIpc) is 2.88. The standard InChI is InChI=1S/C25H26FN3O3.C2H6/c1-31-25(30)17-29-15-13-20(14-16-29)27-24-4-2-3-23(28-24)18-5-9-21(10-6-18)32-22-11-7-19(26)8-12-22;1-2/h2-12,20H,13-17H2,1H3,(H,27,28);1-2H3. The summed E-state index contributed by atoms with van der Waals surface area (Å²) in [5.41, 5.74) is 1.85. The molecule has 180 valence electrons. The largest absolute Gasteiger partial charge is 0.468 e. The van der Waals surface area contributed by atoms with Crippen LogP contribution in [-0.2, 0) is 9.53 Å². The number of nitrogens with one attached hydrogen (secondary N) is 1. The van der Waals surface area contributed by atoms with Crippen LogP contribution in [0.3, 0.4) is 0 Å². The number of carbonyl (C=O) groups excluding carboxylic acids is 1. The van der Waals surface area contributed by atoms with Gasteiger partial charge in [0.2, 0.25) is 0 Å². The number of pyridine rings is 1. The first-order valence-electron chi connectivity index (χ1n) is 11.7. The lowest BCUT2D eigenvalue weighted by atomic mass is 10.0. The molecule has 4 rings (SSSR count). The topological polar surface area (TPSA) is 63.7 Å². The van der Waals surface area contributed by atoms with Crippen LogP contribution in [0.5, 0.6) is 11.5 Å². The van der Waals surface area contributed by atoms with Crippen molar-refractivity contribution in [3.63, 3.8) is 0 Å². The van der Waals surface area contributed by atoms with E-state index in [1.165, 1.54) is 19.2 Å². The van der Waals surface area contributed by atoms with Crippen LogP contribution in [-0.4, -0.2) is 48.6 Å². The number of methoxy groups -OCH3 is 1. The summed E-state index contributed by atoms with van der Waals surface area (Å²) in [5, 5.41) is 3.52. The van der Waals surface area contributed by atoms with Crippen molar-refractivity contribution in [3.05, 3.63) is 72.5 Å². The molecule has 0 bridgehead atoms. The Kier molecular flexibility index (Phi) is 9.40. The quantitative estimate of drug-likeness (QED) is 0.448. The Morgan fingerprint density at radius 3 is 2.24 bits per heavy atom. The van der Waals surface area contributed by atoms with Crippen molar-refractivity contribution in [1.29, 1.82) is 0 Å². The fourth-order valence-electron chi connectivity index (χ4n) is 3.70. The summed E-state index contributed by atoms with van der Waals surface area (Å²) in [6.07, 6.45) is 1.89. The number of nitrogens with zero attached hydrogens (tertiary/aromatic N) is 2. The minimum Gasteiger partial charge on any atom is -0.468 e. The number of piperidine rings is 1. The number of hydrogen-bond donors (Lipinski definition) is 1. The third kappa shape index (κ3) is 7.28. The van der Waals surface area contributed by atoms with Crippen molar-refractivity contribution in [2.75, 3.05) is 32.1 Å². The molecule has 1 saturated heterocycles. The number of rotatable bonds is 7. The monoisotopic (exact) mass is 465 g/mol. The van der Waals surface area contributed by atoms with Crippen LogP contribution < -0.4 is 10.1 Å². The molecule has 1 aliphatic rings. The highest BCUT2D eigenvalue weighted by molar-refractivity contribution is 5.71. The zero-order chi connectivity index (χ0) is 24.3. The lowest BCUT2D eigenvalue weighted by Crippen LogP contribution is -2.41. The van der Waals surface area contributed by atoms with Gasteiger partial charge in [-0.25, -0.2) is 9.37 Å². The van der Waals surface area contributed by atoms with E-state index in [1.54, 1.807) is 12.1 Å². The number of carbonyl (C=O) groups is 1. The van der Waals surface area contributed by atoms with Gasteiger partial charge in [0.05, 0.1) is 19.3 Å². The number of hydrogen-bond acceptors (Lipinski definition) is 6. The van der Waals surface area contributed by atoms with Crippen LogP contribution in [0.25, 0.3) is 11.3 Å². The molecule has 1 aliphatic heterocycles. The van der Waals surface area contributed by atoms with E-state index in [4.69, 9.17) is 14.5 Å². The van der Waals surface area contributed by atoms with Crippen molar-refractivity contribution in [2.45, 2.75) is 32.7 Å². The number of halogens is 1. The van der Waals surface area contributed by atoms with Gasteiger partial charge in [0, 0.05) is 24.7 Å². The van der Waals surface area contributed by atoms with E-state index in [0.717, 1.165) is 43.0 Å². The van der Waals surface area contributed by atoms with Gasteiger partial charge in [-0.2, -0.15) is 0 Å². The molecule has 1 N–H and O–H groups in total. The van der Waals surface area contributed by atoms with Crippen molar-refractivity contribution in [1.82, 2.24) is 9.88 Å². The summed E-state index contributed by atoms with van der Waals surface area (Å²) < 4.78 is 23.5. The van der Waals surface area contributed by atoms with Crippen LogP contribution >= 0.6 is 0 Å². The maximum absolute atomic E-state index is 13.0. The SMILES string of the molecule is CC.COC(=O)CN1CCC(Nc2cccc(-c3ccc(Oc4ccc(F)cc4)cc3)n2)CC1. The number of esters is 1. The lowest BCUT2D eigenvalue weighted by Gasteiger charge is -2.31. The molecule has 2 heterocycles. The molecule has 0 spiro atoms. The van der Waals surface area contributed by atoms with Crippen molar-refractivity contribution < 1.29 is 18.7 Å². The van der Waals surface area contributed by atoms with E-state index < -0.39 is 0 Å². The molecule has 0 atom stereocenters. The number of anilines is 1. The van der Waals surface area contributed by atoms with E-state index in [0.29, 0.717) is 24.1 Å². The Labute approximate surface area is 200 Å². The highest BCUT2D eigenvalue weighted by atomic mass is 19.1. The maximum Gasteiger partial charge on any atom is 0.319 e. The first kappa shape index (κ1) is 25.2. The van der Waals surface area contributed by atoms with Gasteiger partial charge < -0.3 is 14.8 Å². The van der Waals surface area contributed by atoms with E-state index in [-0.39, 0.29) is 11.8 Å². The van der Waals surface area contributed by atoms with Crippen LogP contribution in [0.4, 0.5) is 10.2 Å². The van der Waals surface area contributed by atoms with E-state index in [1.807, 2.05) is 56.3 Å². The van der Waals surface area contributed by atoms with Gasteiger partial charge in [-0.1, -0.05) is 19.9 Å². The van der Waals surface area contributed by atoms with Gasteiger partial charge in [-0.15, -0.1) is 0 Å². The summed E-state index contributed by atoms with van der Waals surface area (Å²) in [4.78, 5) is 18.3. The van der Waals surface area contributed by atoms with Crippen molar-refractivity contribution >= 4 is 11.8 Å². The van der Waals surface area contributed by atoms with Crippen LogP contribution in [0.2, 0.25) is 0 Å². The molecule has 0 radical (unpaired) electrons. The first-order valence-corrected chi connectivity index (χ1v) is 11.7. The van der Waals surface area contributed by atoms with Gasteiger partial charge in [0.15, 0.2) is 0 Å². The highest BCUT2D eigenvalue weighted by Gasteiger charge is 2.21. The zero-order valence-electron chi connectivity index (χ0n) is 20.0. The predicted molar refractivity (Wildman–Crippen MR) is 133 cm³/mol. The van der Waals surface area contributed by atoms with Gasteiger partial charge in [0.25, 0.3) is 0 Å². The van der Waals surface area contributed by atoms with Crippen LogP contribution in [0.15, 0.2) is 66.7 Å². The summed E-state index contributed by atoms with van der Waals surface area (Å²) in [6, 6.07) is 19.8. The minimum atomic E-state index is -0.293. The second kappa shape index (κ2) is 12.7. The van der Waals surface area contributed by atoms with E-state index >= 15 is 0 Å². The van der Waals surface area contributed by atoms with Crippen molar-refractivity contribution in [2.24, 2.45) is 0 Å². The fourth-order valence-corrected chi connectivity index (χ4v) is 3.70. The average molecular weight is 466 g/mol. The number of benzene rings is 2. The first-order chi connectivity index (χ1) is 16.6. The van der Waals surface area contributed by atoms with Gasteiger partial charge in [-0.3, -0.25) is 9.69 Å². The van der Waals surface area contributed by atoms with Gasteiger partial charge in [0.1, 0.15) is 23.1 Å². The number of likely N-dealkylation sites (tertiary alicyclic amines) is 1. The predicted octanol–water partition coefficient (Wildman–Crippen LogP) is 5.76. The third-order valence-electron chi connectivity index (χ3n) is 5.47. The molecule has 0 saturated carbocycles. The second-order valence-electron chi connectivity index (χ2n) is 7.76. The Hall–Kier alpha value is -3.45. The molecule has 1 aromatic heterocycles. The van der Waals surface area contributed by atoms with Gasteiger partial charge in [-0.05, 0) is 73.5 Å². The molecule has 6 nitrogen and oxygen atoms in total. The molecular weight excluding hydrogens is 433 g/mol. The molecular formula is C27H32FN3O3. The Balaban J connectivity index is 0.00000158. The third-order valence-corrected chi connectivity index (χ3v) is 5.47. The molecule has 7 heteroatoms. The van der Waals surface area contributed by atoms with Crippen molar-refractivity contribution in [3.8, 4) is 22.8 Å². The molecule has 0 amide bonds. The Morgan fingerprint density at radius 2 is 1.62 bits per heavy atom. The molecule has 1 fully saturated rings. The molecule has 34 heavy (non-hydrogen) atoms. The lowest BCUT2D eigenvalue weighted by molar-refractivity contribution is -0.142. The molecule has 3 aromatic rings. The summed E-state index contributed by atoms with van der Waals surface area (Å²) in [7, 11) is 1.42. The smallest absolute Gasteiger partial charge is 0.319 e. The van der Waals surface area contributed by atoms with E-state index in [2.05, 4.69) is 10.2 Å². The van der Waals surface area contributed by atoms with Crippen LogP contribution in [0.1, 0.15) is 26.7 Å². The zero-order valence-corrected chi connectivity index (χ0v) is 20.0. The Bertz CT molecular complexity index is 1030. The fraction of sp³-hybridized carbons (Fsp3) is 0.333. The summed E-state index contributed by atoms with van der Waals surface area (Å²) in [6.45, 7) is 6.04. The van der Waals surface area contributed by atoms with E-state index in [9.17, 15) is 9.18 Å². The summed E-state index contributed by atoms with van der Waals surface area (Å²) in [5.74, 6) is 1.61. The highest BCUT2D eigenvalue weighted by Crippen LogP contribution is 2.26. The minimum absolute atomic E-state index is 0.195. The van der Waals surface area contributed by atoms with Crippen LogP contribution in [0, 0.1) is 5.82 Å². The molecule has 0 aliphatic carbocycles. The molecule has 0 unspecified atom stereocenters. The van der Waals surface area contributed by atoms with Gasteiger partial charge >= 0.3 is 5.97 Å². The maximum atomic E-state index is 13.0. The second-order valence-corrected chi connectivity index (χ2v) is 7.76.